The Balaban J connectivity index is 1.58. The first-order valence-electron chi connectivity index (χ1n) is 8.98. The van der Waals surface area contributed by atoms with Gasteiger partial charge in [-0.2, -0.15) is 17.0 Å². The van der Waals surface area contributed by atoms with Crippen molar-refractivity contribution in [2.45, 2.75) is 26.1 Å². The largest absolute Gasteiger partial charge is 0.373 e. The number of amides is 2. The molecule has 0 aromatic heterocycles. The number of rotatable bonds is 3. The van der Waals surface area contributed by atoms with E-state index >= 15 is 0 Å². The lowest BCUT2D eigenvalue weighted by molar-refractivity contribution is -0.0456. The van der Waals surface area contributed by atoms with E-state index in [2.05, 4.69) is 5.32 Å². The molecule has 2 aliphatic rings. The van der Waals surface area contributed by atoms with Crippen molar-refractivity contribution in [1.82, 2.24) is 13.5 Å². The maximum atomic E-state index is 13.7. The van der Waals surface area contributed by atoms with Gasteiger partial charge in [0.15, 0.2) is 0 Å². The lowest BCUT2D eigenvalue weighted by Gasteiger charge is -2.40. The Bertz CT molecular complexity index is 773. The highest BCUT2D eigenvalue weighted by molar-refractivity contribution is 7.86. The molecule has 0 spiro atoms. The van der Waals surface area contributed by atoms with Gasteiger partial charge in [-0.05, 0) is 26.0 Å². The molecule has 2 heterocycles. The van der Waals surface area contributed by atoms with E-state index in [9.17, 15) is 17.6 Å². The fourth-order valence-electron chi connectivity index (χ4n) is 3.36. The van der Waals surface area contributed by atoms with Crippen LogP contribution in [0.15, 0.2) is 24.3 Å². The molecule has 0 aliphatic carbocycles. The Morgan fingerprint density at radius 2 is 1.67 bits per heavy atom. The van der Waals surface area contributed by atoms with Crippen LogP contribution in [0.25, 0.3) is 0 Å². The summed E-state index contributed by atoms with van der Waals surface area (Å²) < 4.78 is 47.8. The van der Waals surface area contributed by atoms with E-state index in [1.54, 1.807) is 12.1 Å². The van der Waals surface area contributed by atoms with E-state index in [-0.39, 0.29) is 44.1 Å². The Morgan fingerprint density at radius 3 is 2.26 bits per heavy atom. The Morgan fingerprint density at radius 1 is 1.07 bits per heavy atom. The van der Waals surface area contributed by atoms with Crippen LogP contribution in [0.5, 0.6) is 0 Å². The fourth-order valence-corrected chi connectivity index (χ4v) is 5.11. The summed E-state index contributed by atoms with van der Waals surface area (Å²) in [6, 6.07) is 5.49. The number of carbonyl (C=O) groups excluding carboxylic acids is 1. The minimum atomic E-state index is -3.60. The summed E-state index contributed by atoms with van der Waals surface area (Å²) in [7, 11) is -3.60. The molecule has 0 saturated carbocycles. The molecule has 27 heavy (non-hydrogen) atoms. The zero-order valence-corrected chi connectivity index (χ0v) is 16.3. The minimum Gasteiger partial charge on any atom is -0.373 e. The van der Waals surface area contributed by atoms with E-state index in [0.29, 0.717) is 13.1 Å². The van der Waals surface area contributed by atoms with Gasteiger partial charge in [0.25, 0.3) is 10.2 Å². The van der Waals surface area contributed by atoms with Crippen LogP contribution in [-0.4, -0.2) is 79.4 Å². The number of morpholine rings is 1. The number of hydrogen-bond acceptors (Lipinski definition) is 4. The Kier molecular flexibility index (Phi) is 5.99. The molecule has 3 rings (SSSR count). The number of piperazine rings is 1. The molecule has 0 radical (unpaired) electrons. The van der Waals surface area contributed by atoms with Gasteiger partial charge in [-0.3, -0.25) is 0 Å². The van der Waals surface area contributed by atoms with Gasteiger partial charge in [0, 0.05) is 39.3 Å². The van der Waals surface area contributed by atoms with E-state index in [0.717, 1.165) is 0 Å². The molecule has 2 amide bonds. The predicted octanol–water partition coefficient (Wildman–Crippen LogP) is 1.33. The Labute approximate surface area is 159 Å². The molecule has 2 fully saturated rings. The summed E-state index contributed by atoms with van der Waals surface area (Å²) >= 11 is 0. The van der Waals surface area contributed by atoms with Crippen molar-refractivity contribution in [3.8, 4) is 0 Å². The third-order valence-corrected chi connectivity index (χ3v) is 6.65. The van der Waals surface area contributed by atoms with Crippen molar-refractivity contribution in [1.29, 1.82) is 0 Å². The number of anilines is 1. The van der Waals surface area contributed by atoms with E-state index < -0.39 is 22.1 Å². The molecule has 1 N–H and O–H groups in total. The van der Waals surface area contributed by atoms with Gasteiger partial charge < -0.3 is 15.0 Å². The normalized spacial score (nSPS) is 25.4. The summed E-state index contributed by atoms with van der Waals surface area (Å²) in [5, 5.41) is 2.53. The van der Waals surface area contributed by atoms with Crippen LogP contribution >= 0.6 is 0 Å². The van der Waals surface area contributed by atoms with Crippen molar-refractivity contribution in [2.24, 2.45) is 0 Å². The molecular formula is C17H25FN4O4S. The number of para-hydroxylation sites is 1. The summed E-state index contributed by atoms with van der Waals surface area (Å²) in [4.78, 5) is 13.8. The van der Waals surface area contributed by atoms with Gasteiger partial charge in [0.2, 0.25) is 0 Å². The summed E-state index contributed by atoms with van der Waals surface area (Å²) in [6.07, 6.45) is -0.312. The molecule has 0 bridgehead atoms. The first kappa shape index (κ1) is 20.0. The highest BCUT2D eigenvalue weighted by Gasteiger charge is 2.37. The second kappa shape index (κ2) is 8.09. The van der Waals surface area contributed by atoms with Gasteiger partial charge in [0.1, 0.15) is 5.82 Å². The summed E-state index contributed by atoms with van der Waals surface area (Å²) in [5.74, 6) is -0.511. The number of halogens is 1. The van der Waals surface area contributed by atoms with Gasteiger partial charge in [-0.25, -0.2) is 9.18 Å². The van der Waals surface area contributed by atoms with Crippen LogP contribution in [0.4, 0.5) is 14.9 Å². The highest BCUT2D eigenvalue weighted by atomic mass is 32.2. The highest BCUT2D eigenvalue weighted by Crippen LogP contribution is 2.19. The van der Waals surface area contributed by atoms with Crippen molar-refractivity contribution in [3.63, 3.8) is 0 Å². The molecule has 150 valence electrons. The lowest BCUT2D eigenvalue weighted by atomic mass is 10.3. The summed E-state index contributed by atoms with van der Waals surface area (Å²) in [5.41, 5.74) is 0.105. The lowest BCUT2D eigenvalue weighted by Crippen LogP contribution is -2.58. The number of ether oxygens (including phenoxy) is 1. The number of nitrogens with zero attached hydrogens (tertiary/aromatic N) is 3. The zero-order chi connectivity index (χ0) is 19.6. The topological polar surface area (TPSA) is 82.2 Å². The van der Waals surface area contributed by atoms with Gasteiger partial charge in [0.05, 0.1) is 17.9 Å². The van der Waals surface area contributed by atoms with Crippen LogP contribution in [0.3, 0.4) is 0 Å². The number of benzene rings is 1. The van der Waals surface area contributed by atoms with Crippen LogP contribution in [0.1, 0.15) is 13.8 Å². The average Bonchev–Trinajstić information content (AvgIpc) is 2.63. The first-order chi connectivity index (χ1) is 12.8. The van der Waals surface area contributed by atoms with E-state index in [1.165, 1.54) is 25.6 Å². The van der Waals surface area contributed by atoms with Crippen LogP contribution in [0, 0.1) is 5.82 Å². The zero-order valence-electron chi connectivity index (χ0n) is 15.5. The number of urea groups is 1. The van der Waals surface area contributed by atoms with E-state index in [4.69, 9.17) is 4.74 Å². The molecule has 1 aromatic rings. The number of carbonyl (C=O) groups is 1. The van der Waals surface area contributed by atoms with Crippen molar-refractivity contribution < 1.29 is 22.3 Å². The summed E-state index contributed by atoms with van der Waals surface area (Å²) in [6.45, 7) is 5.23. The van der Waals surface area contributed by atoms with Gasteiger partial charge in [-0.1, -0.05) is 12.1 Å². The van der Waals surface area contributed by atoms with Crippen LogP contribution in [-0.2, 0) is 14.9 Å². The van der Waals surface area contributed by atoms with Gasteiger partial charge >= 0.3 is 6.03 Å². The smallest absolute Gasteiger partial charge is 0.322 e. The van der Waals surface area contributed by atoms with Gasteiger partial charge in [-0.15, -0.1) is 0 Å². The fraction of sp³-hybridized carbons (Fsp3) is 0.588. The second-order valence-corrected chi connectivity index (χ2v) is 8.81. The molecule has 2 aliphatic heterocycles. The first-order valence-corrected chi connectivity index (χ1v) is 10.4. The van der Waals surface area contributed by atoms with Crippen molar-refractivity contribution in [3.05, 3.63) is 30.1 Å². The monoisotopic (exact) mass is 400 g/mol. The predicted molar refractivity (Wildman–Crippen MR) is 99.1 cm³/mol. The molecular weight excluding hydrogens is 375 g/mol. The standard InChI is InChI=1S/C17H25FN4O4S/c1-13-11-22(12-14(2)26-13)27(24,25)21-9-7-20(8-10-21)17(23)19-16-6-4-3-5-15(16)18/h3-6,13-14H,7-12H2,1-2H3,(H,19,23). The second-order valence-electron chi connectivity index (χ2n) is 6.88. The third-order valence-electron chi connectivity index (χ3n) is 4.68. The number of hydrogen-bond donors (Lipinski definition) is 1. The maximum absolute atomic E-state index is 13.7. The molecule has 2 unspecified atom stereocenters. The maximum Gasteiger partial charge on any atom is 0.322 e. The molecule has 1 aromatic carbocycles. The van der Waals surface area contributed by atoms with Crippen molar-refractivity contribution in [2.75, 3.05) is 44.6 Å². The third kappa shape index (κ3) is 4.57. The number of nitrogens with one attached hydrogen (secondary N) is 1. The quantitative estimate of drug-likeness (QED) is 0.830. The molecule has 10 heteroatoms. The molecule has 2 atom stereocenters. The molecule has 2 saturated heterocycles. The van der Waals surface area contributed by atoms with Crippen LogP contribution < -0.4 is 5.32 Å². The van der Waals surface area contributed by atoms with E-state index in [1.807, 2.05) is 13.8 Å². The minimum absolute atomic E-state index is 0.105. The SMILES string of the molecule is CC1CN(S(=O)(=O)N2CCN(C(=O)Nc3ccccc3F)CC2)CC(C)O1. The Hall–Kier alpha value is -1.75. The average molecular weight is 400 g/mol. The molecule has 8 nitrogen and oxygen atoms in total. The van der Waals surface area contributed by atoms with Crippen molar-refractivity contribution >= 4 is 21.9 Å². The van der Waals surface area contributed by atoms with Crippen LogP contribution in [0.2, 0.25) is 0 Å².